The van der Waals surface area contributed by atoms with Crippen molar-refractivity contribution < 1.29 is 9.21 Å². The van der Waals surface area contributed by atoms with Crippen LogP contribution in [0.25, 0.3) is 10.9 Å². The zero-order valence-corrected chi connectivity index (χ0v) is 9.15. The Labute approximate surface area is 100 Å². The molecule has 1 heterocycles. The SMILES string of the molecule is NC(=O)CC#Cc1cccc2[nH]c(=O)oc(=O)c12. The molecule has 0 aliphatic rings. The molecule has 1 aromatic carbocycles. The van der Waals surface area contributed by atoms with E-state index in [0.29, 0.717) is 11.1 Å². The molecule has 6 nitrogen and oxygen atoms in total. The Bertz CT molecular complexity index is 789. The topological polar surface area (TPSA) is 106 Å². The van der Waals surface area contributed by atoms with Gasteiger partial charge in [0.2, 0.25) is 5.91 Å². The maximum absolute atomic E-state index is 11.6. The Morgan fingerprint density at radius 3 is 2.89 bits per heavy atom. The first kappa shape index (κ1) is 11.7. The Kier molecular flexibility index (Phi) is 2.98. The van der Waals surface area contributed by atoms with Gasteiger partial charge in [-0.05, 0) is 12.1 Å². The van der Waals surface area contributed by atoms with E-state index in [1.165, 1.54) is 0 Å². The summed E-state index contributed by atoms with van der Waals surface area (Å²) in [6.45, 7) is 0. The predicted molar refractivity (Wildman–Crippen MR) is 63.8 cm³/mol. The molecule has 0 fully saturated rings. The van der Waals surface area contributed by atoms with Gasteiger partial charge in [0.05, 0.1) is 17.3 Å². The summed E-state index contributed by atoms with van der Waals surface area (Å²) in [5.74, 6) is 3.81. The van der Waals surface area contributed by atoms with Gasteiger partial charge in [-0.15, -0.1) is 0 Å². The first-order valence-electron chi connectivity index (χ1n) is 5.01. The van der Waals surface area contributed by atoms with Crippen LogP contribution in [0, 0.1) is 11.8 Å². The summed E-state index contributed by atoms with van der Waals surface area (Å²) >= 11 is 0. The molecule has 0 saturated heterocycles. The second-order valence-corrected chi connectivity index (χ2v) is 3.47. The zero-order valence-electron chi connectivity index (χ0n) is 9.15. The number of nitrogens with two attached hydrogens (primary N) is 1. The summed E-state index contributed by atoms with van der Waals surface area (Å²) in [6, 6.07) is 4.78. The van der Waals surface area contributed by atoms with Gasteiger partial charge in [0.15, 0.2) is 0 Å². The van der Waals surface area contributed by atoms with Crippen LogP contribution >= 0.6 is 0 Å². The minimum absolute atomic E-state index is 0.106. The fraction of sp³-hybridized carbons (Fsp3) is 0.0833. The lowest BCUT2D eigenvalue weighted by Gasteiger charge is -1.97. The number of primary amides is 1. The van der Waals surface area contributed by atoms with E-state index in [4.69, 9.17) is 5.73 Å². The van der Waals surface area contributed by atoms with Crippen LogP contribution in [0.3, 0.4) is 0 Å². The molecule has 0 aliphatic carbocycles. The van der Waals surface area contributed by atoms with Crippen LogP contribution < -0.4 is 17.1 Å². The maximum atomic E-state index is 11.6. The smallest absolute Gasteiger partial charge is 0.372 e. The van der Waals surface area contributed by atoms with Crippen molar-refractivity contribution in [3.8, 4) is 11.8 Å². The molecule has 18 heavy (non-hydrogen) atoms. The number of rotatable bonds is 1. The highest BCUT2D eigenvalue weighted by Gasteiger charge is 2.06. The Balaban J connectivity index is 2.64. The van der Waals surface area contributed by atoms with E-state index in [2.05, 4.69) is 21.2 Å². The Morgan fingerprint density at radius 1 is 1.39 bits per heavy atom. The number of hydrogen-bond acceptors (Lipinski definition) is 4. The lowest BCUT2D eigenvalue weighted by atomic mass is 10.1. The van der Waals surface area contributed by atoms with Gasteiger partial charge in [-0.1, -0.05) is 17.9 Å². The summed E-state index contributed by atoms with van der Waals surface area (Å²) in [7, 11) is 0. The summed E-state index contributed by atoms with van der Waals surface area (Å²) in [5, 5.41) is 0.175. The summed E-state index contributed by atoms with van der Waals surface area (Å²) in [4.78, 5) is 35.5. The lowest BCUT2D eigenvalue weighted by molar-refractivity contribution is -0.117. The van der Waals surface area contributed by atoms with Crippen LogP contribution in [-0.4, -0.2) is 10.9 Å². The Morgan fingerprint density at radius 2 is 2.17 bits per heavy atom. The number of nitrogens with one attached hydrogen (secondary N) is 1. The van der Waals surface area contributed by atoms with Crippen molar-refractivity contribution in [2.75, 3.05) is 0 Å². The van der Waals surface area contributed by atoms with E-state index < -0.39 is 17.3 Å². The van der Waals surface area contributed by atoms with Crippen molar-refractivity contribution in [2.45, 2.75) is 6.42 Å². The van der Waals surface area contributed by atoms with Crippen LogP contribution in [0.4, 0.5) is 0 Å². The van der Waals surface area contributed by atoms with Gasteiger partial charge in [0.1, 0.15) is 0 Å². The number of amides is 1. The quantitative estimate of drug-likeness (QED) is 0.672. The van der Waals surface area contributed by atoms with Crippen LogP contribution in [-0.2, 0) is 4.79 Å². The van der Waals surface area contributed by atoms with Crippen molar-refractivity contribution in [3.63, 3.8) is 0 Å². The molecule has 0 aliphatic heterocycles. The van der Waals surface area contributed by atoms with Crippen molar-refractivity contribution in [3.05, 3.63) is 44.7 Å². The number of carbonyl (C=O) groups excluding carboxylic acids is 1. The molecule has 1 amide bonds. The molecule has 3 N–H and O–H groups in total. The maximum Gasteiger partial charge on any atom is 0.419 e. The van der Waals surface area contributed by atoms with Gasteiger partial charge in [-0.25, -0.2) is 9.59 Å². The molecule has 6 heteroatoms. The van der Waals surface area contributed by atoms with Crippen molar-refractivity contribution >= 4 is 16.8 Å². The molecule has 0 spiro atoms. The first-order chi connectivity index (χ1) is 8.58. The third-order valence-corrected chi connectivity index (χ3v) is 2.18. The number of carbonyl (C=O) groups is 1. The van der Waals surface area contributed by atoms with Crippen molar-refractivity contribution in [2.24, 2.45) is 5.73 Å². The monoisotopic (exact) mass is 244 g/mol. The van der Waals surface area contributed by atoms with E-state index in [1.807, 2.05) is 0 Å². The van der Waals surface area contributed by atoms with Gasteiger partial charge in [-0.3, -0.25) is 9.78 Å². The molecule has 0 atom stereocenters. The molecule has 2 rings (SSSR count). The summed E-state index contributed by atoms with van der Waals surface area (Å²) in [6.07, 6.45) is -0.106. The minimum Gasteiger partial charge on any atom is -0.372 e. The molecule has 0 saturated carbocycles. The number of hydrogen-bond donors (Lipinski definition) is 2. The number of H-pyrrole nitrogens is 1. The van der Waals surface area contributed by atoms with Crippen LogP contribution in [0.2, 0.25) is 0 Å². The Hall–Kier alpha value is -2.81. The normalized spacial score (nSPS) is 9.78. The molecule has 2 aromatic rings. The van der Waals surface area contributed by atoms with Gasteiger partial charge in [0, 0.05) is 5.56 Å². The first-order valence-corrected chi connectivity index (χ1v) is 5.01. The lowest BCUT2D eigenvalue weighted by Crippen LogP contribution is -2.15. The molecular weight excluding hydrogens is 236 g/mol. The average molecular weight is 244 g/mol. The highest BCUT2D eigenvalue weighted by molar-refractivity contribution is 5.84. The van der Waals surface area contributed by atoms with Gasteiger partial charge >= 0.3 is 11.4 Å². The van der Waals surface area contributed by atoms with Gasteiger partial charge in [0.25, 0.3) is 0 Å². The van der Waals surface area contributed by atoms with Crippen LogP contribution in [0.15, 0.2) is 32.2 Å². The van der Waals surface area contributed by atoms with Crippen LogP contribution in [0.1, 0.15) is 12.0 Å². The third kappa shape index (κ3) is 2.30. The molecule has 1 aromatic heterocycles. The predicted octanol–water partition coefficient (Wildman–Crippen LogP) is -0.292. The van der Waals surface area contributed by atoms with Gasteiger partial charge < -0.3 is 10.2 Å². The average Bonchev–Trinajstić information content (AvgIpc) is 2.27. The fourth-order valence-corrected chi connectivity index (χ4v) is 1.48. The van der Waals surface area contributed by atoms with E-state index in [9.17, 15) is 14.4 Å². The number of benzene rings is 1. The van der Waals surface area contributed by atoms with E-state index in [-0.39, 0.29) is 11.8 Å². The molecule has 0 bridgehead atoms. The molecule has 0 unspecified atom stereocenters. The van der Waals surface area contributed by atoms with E-state index in [1.54, 1.807) is 18.2 Å². The molecule has 90 valence electrons. The fourth-order valence-electron chi connectivity index (χ4n) is 1.48. The highest BCUT2D eigenvalue weighted by Crippen LogP contribution is 2.10. The number of aromatic nitrogens is 1. The highest BCUT2D eigenvalue weighted by atomic mass is 16.4. The van der Waals surface area contributed by atoms with Crippen LogP contribution in [0.5, 0.6) is 0 Å². The second kappa shape index (κ2) is 4.59. The van der Waals surface area contributed by atoms with E-state index in [0.717, 1.165) is 0 Å². The zero-order chi connectivity index (χ0) is 13.1. The van der Waals surface area contributed by atoms with E-state index >= 15 is 0 Å². The number of fused-ring (bicyclic) bond motifs is 1. The van der Waals surface area contributed by atoms with Crippen molar-refractivity contribution in [1.29, 1.82) is 0 Å². The minimum atomic E-state index is -0.824. The van der Waals surface area contributed by atoms with Crippen molar-refractivity contribution in [1.82, 2.24) is 4.98 Å². The largest absolute Gasteiger partial charge is 0.419 e. The third-order valence-electron chi connectivity index (χ3n) is 2.18. The molecular formula is C12H8N2O4. The second-order valence-electron chi connectivity index (χ2n) is 3.47. The molecule has 0 radical (unpaired) electrons. The standard InChI is InChI=1S/C12H8N2O4/c13-9(15)6-2-4-7-3-1-5-8-10(7)11(16)18-12(17)14-8/h1,3,5H,6H2,(H2,13,15)(H,14,17). The number of aromatic amines is 1. The summed E-state index contributed by atoms with van der Waals surface area (Å²) < 4.78 is 4.43. The van der Waals surface area contributed by atoms with Gasteiger partial charge in [-0.2, -0.15) is 0 Å². The summed E-state index contributed by atoms with van der Waals surface area (Å²) in [5.41, 5.74) is 4.89.